The van der Waals surface area contributed by atoms with Crippen molar-refractivity contribution in [3.63, 3.8) is 0 Å². The second-order valence-corrected chi connectivity index (χ2v) is 6.72. The van der Waals surface area contributed by atoms with Crippen LogP contribution in [0.4, 0.5) is 0 Å². The highest BCUT2D eigenvalue weighted by Gasteiger charge is 2.11. The topological polar surface area (TPSA) is 71.5 Å². The highest BCUT2D eigenvalue weighted by atomic mass is 15.3. The molecule has 0 aliphatic carbocycles. The summed E-state index contributed by atoms with van der Waals surface area (Å²) in [5, 5.41) is 21.5. The van der Waals surface area contributed by atoms with Gasteiger partial charge in [-0.15, -0.1) is 0 Å². The van der Waals surface area contributed by atoms with Crippen LogP contribution in [0.1, 0.15) is 29.8 Å². The molecule has 140 valence electrons. The Hall–Kier alpha value is -2.91. The van der Waals surface area contributed by atoms with Crippen LogP contribution >= 0.6 is 0 Å². The summed E-state index contributed by atoms with van der Waals surface area (Å²) in [6.07, 6.45) is 3.53. The van der Waals surface area contributed by atoms with E-state index in [1.54, 1.807) is 0 Å². The van der Waals surface area contributed by atoms with Crippen molar-refractivity contribution in [3.05, 3.63) is 59.5 Å². The van der Waals surface area contributed by atoms with E-state index in [0.29, 0.717) is 13.0 Å². The van der Waals surface area contributed by atoms with Gasteiger partial charge in [-0.05, 0) is 32.9 Å². The number of nitriles is 1. The molecule has 3 aromatic rings. The minimum atomic E-state index is 0.464. The molecule has 0 saturated heterocycles. The summed E-state index contributed by atoms with van der Waals surface area (Å²) in [7, 11) is 0. The van der Waals surface area contributed by atoms with Crippen molar-refractivity contribution < 1.29 is 0 Å². The lowest BCUT2D eigenvalue weighted by Crippen LogP contribution is -2.17. The van der Waals surface area contributed by atoms with Gasteiger partial charge in [0.15, 0.2) is 0 Å². The quantitative estimate of drug-likeness (QED) is 0.592. The Morgan fingerprint density at radius 3 is 2.63 bits per heavy atom. The summed E-state index contributed by atoms with van der Waals surface area (Å²) >= 11 is 0. The Labute approximate surface area is 160 Å². The van der Waals surface area contributed by atoms with E-state index < -0.39 is 0 Å². The molecule has 6 heteroatoms. The summed E-state index contributed by atoms with van der Waals surface area (Å²) < 4.78 is 3.94. The average Bonchev–Trinajstić information content (AvgIpc) is 3.23. The molecular formula is C21H26N6. The van der Waals surface area contributed by atoms with Gasteiger partial charge < -0.3 is 5.32 Å². The van der Waals surface area contributed by atoms with E-state index in [2.05, 4.69) is 46.3 Å². The first kappa shape index (κ1) is 18.9. The molecule has 0 radical (unpaired) electrons. The molecule has 0 spiro atoms. The van der Waals surface area contributed by atoms with Crippen LogP contribution in [0.3, 0.4) is 0 Å². The standard InChI is InChI=1S/C21H26N6/c1-17-14-18(2)27(24-17)13-7-11-23-15-20-16-26(12-6-10-22)25-21(20)19-8-4-3-5-9-19/h3-5,8-9,14,16,23H,6-7,11-13,15H2,1-2H3. The number of benzene rings is 1. The molecule has 6 nitrogen and oxygen atoms in total. The maximum atomic E-state index is 8.83. The van der Waals surface area contributed by atoms with E-state index in [-0.39, 0.29) is 0 Å². The van der Waals surface area contributed by atoms with E-state index >= 15 is 0 Å². The van der Waals surface area contributed by atoms with Gasteiger partial charge in [-0.3, -0.25) is 9.36 Å². The predicted molar refractivity (Wildman–Crippen MR) is 106 cm³/mol. The van der Waals surface area contributed by atoms with Gasteiger partial charge in [-0.1, -0.05) is 30.3 Å². The van der Waals surface area contributed by atoms with Crippen LogP contribution in [0.2, 0.25) is 0 Å². The van der Waals surface area contributed by atoms with Gasteiger partial charge in [0.25, 0.3) is 0 Å². The maximum Gasteiger partial charge on any atom is 0.0968 e. The predicted octanol–water partition coefficient (Wildman–Crippen LogP) is 3.46. The normalized spacial score (nSPS) is 10.9. The van der Waals surface area contributed by atoms with Crippen LogP contribution in [0.15, 0.2) is 42.6 Å². The Morgan fingerprint density at radius 2 is 1.93 bits per heavy atom. The minimum absolute atomic E-state index is 0.464. The van der Waals surface area contributed by atoms with E-state index in [9.17, 15) is 0 Å². The third-order valence-corrected chi connectivity index (χ3v) is 4.48. The second-order valence-electron chi connectivity index (χ2n) is 6.72. The minimum Gasteiger partial charge on any atom is -0.312 e. The van der Waals surface area contributed by atoms with Gasteiger partial charge in [0.2, 0.25) is 0 Å². The number of nitrogens with one attached hydrogen (secondary N) is 1. The number of rotatable bonds is 9. The Kier molecular flexibility index (Phi) is 6.39. The van der Waals surface area contributed by atoms with Crippen LogP contribution in [0.25, 0.3) is 11.3 Å². The van der Waals surface area contributed by atoms with Crippen molar-refractivity contribution in [2.45, 2.75) is 46.3 Å². The number of hydrogen-bond donors (Lipinski definition) is 1. The zero-order chi connectivity index (χ0) is 19.1. The molecule has 0 atom stereocenters. The summed E-state index contributed by atoms with van der Waals surface area (Å²) in [6.45, 7) is 7.32. The molecule has 0 amide bonds. The fourth-order valence-electron chi connectivity index (χ4n) is 3.19. The molecule has 0 unspecified atom stereocenters. The molecule has 1 N–H and O–H groups in total. The van der Waals surface area contributed by atoms with Crippen molar-refractivity contribution >= 4 is 0 Å². The van der Waals surface area contributed by atoms with Gasteiger partial charge in [-0.2, -0.15) is 15.5 Å². The number of nitrogens with zero attached hydrogens (tertiary/aromatic N) is 5. The van der Waals surface area contributed by atoms with Gasteiger partial charge in [0.05, 0.1) is 30.4 Å². The number of hydrogen-bond acceptors (Lipinski definition) is 4. The molecule has 1 aromatic carbocycles. The van der Waals surface area contributed by atoms with Crippen LogP contribution in [0.5, 0.6) is 0 Å². The molecule has 0 bridgehead atoms. The molecule has 2 aromatic heterocycles. The van der Waals surface area contributed by atoms with Crippen LogP contribution in [-0.4, -0.2) is 26.1 Å². The lowest BCUT2D eigenvalue weighted by atomic mass is 10.1. The third-order valence-electron chi connectivity index (χ3n) is 4.48. The first-order valence-corrected chi connectivity index (χ1v) is 9.38. The smallest absolute Gasteiger partial charge is 0.0968 e. The van der Waals surface area contributed by atoms with Gasteiger partial charge in [-0.25, -0.2) is 0 Å². The third kappa shape index (κ3) is 5.05. The maximum absolute atomic E-state index is 8.83. The molecule has 27 heavy (non-hydrogen) atoms. The van der Waals surface area contributed by atoms with E-state index in [1.165, 1.54) is 5.69 Å². The summed E-state index contributed by atoms with van der Waals surface area (Å²) in [5.74, 6) is 0. The summed E-state index contributed by atoms with van der Waals surface area (Å²) in [5.41, 5.74) is 5.52. The van der Waals surface area contributed by atoms with Crippen molar-refractivity contribution in [2.75, 3.05) is 6.54 Å². The van der Waals surface area contributed by atoms with Gasteiger partial charge in [0, 0.05) is 36.1 Å². The highest BCUT2D eigenvalue weighted by molar-refractivity contribution is 5.62. The van der Waals surface area contributed by atoms with Crippen LogP contribution in [-0.2, 0) is 19.6 Å². The molecule has 0 aliphatic heterocycles. The molecule has 0 fully saturated rings. The van der Waals surface area contributed by atoms with Crippen molar-refractivity contribution in [3.8, 4) is 17.3 Å². The number of aryl methyl sites for hydroxylation is 4. The van der Waals surface area contributed by atoms with Crippen molar-refractivity contribution in [2.24, 2.45) is 0 Å². The Morgan fingerprint density at radius 1 is 1.11 bits per heavy atom. The number of aromatic nitrogens is 4. The first-order valence-electron chi connectivity index (χ1n) is 9.38. The molecule has 3 rings (SSSR count). The molecule has 0 saturated carbocycles. The molecule has 0 aliphatic rings. The molecule has 2 heterocycles. The zero-order valence-corrected chi connectivity index (χ0v) is 16.0. The lowest BCUT2D eigenvalue weighted by Gasteiger charge is -2.07. The van der Waals surface area contributed by atoms with E-state index in [4.69, 9.17) is 10.4 Å². The van der Waals surface area contributed by atoms with Crippen molar-refractivity contribution in [1.82, 2.24) is 24.9 Å². The first-order chi connectivity index (χ1) is 13.2. The van der Waals surface area contributed by atoms with Gasteiger partial charge in [0.1, 0.15) is 0 Å². The molecular weight excluding hydrogens is 336 g/mol. The van der Waals surface area contributed by atoms with Crippen LogP contribution in [0, 0.1) is 25.2 Å². The Bertz CT molecular complexity index is 901. The fourth-order valence-corrected chi connectivity index (χ4v) is 3.19. The van der Waals surface area contributed by atoms with Gasteiger partial charge >= 0.3 is 0 Å². The van der Waals surface area contributed by atoms with E-state index in [1.807, 2.05) is 36.0 Å². The highest BCUT2D eigenvalue weighted by Crippen LogP contribution is 2.22. The van der Waals surface area contributed by atoms with Crippen LogP contribution < -0.4 is 5.32 Å². The second kappa shape index (κ2) is 9.15. The fraction of sp³-hybridized carbons (Fsp3) is 0.381. The van der Waals surface area contributed by atoms with E-state index in [0.717, 1.165) is 48.6 Å². The Balaban J connectivity index is 1.59. The summed E-state index contributed by atoms with van der Waals surface area (Å²) in [4.78, 5) is 0. The SMILES string of the molecule is Cc1cc(C)n(CCCNCc2cn(CCC#N)nc2-c2ccccc2)n1. The average molecular weight is 362 g/mol. The monoisotopic (exact) mass is 362 g/mol. The summed E-state index contributed by atoms with van der Waals surface area (Å²) in [6, 6.07) is 14.5. The lowest BCUT2D eigenvalue weighted by molar-refractivity contribution is 0.532. The van der Waals surface area contributed by atoms with Crippen molar-refractivity contribution in [1.29, 1.82) is 5.26 Å². The largest absolute Gasteiger partial charge is 0.312 e. The zero-order valence-electron chi connectivity index (χ0n) is 16.0.